The predicted octanol–water partition coefficient (Wildman–Crippen LogP) is 3.28. The van der Waals surface area contributed by atoms with E-state index in [-0.39, 0.29) is 0 Å². The van der Waals surface area contributed by atoms with Crippen LogP contribution in [0.3, 0.4) is 0 Å². The number of hydrogen-bond donors (Lipinski definition) is 1. The van der Waals surface area contributed by atoms with Crippen molar-refractivity contribution < 1.29 is 14.6 Å². The first-order valence-corrected chi connectivity index (χ1v) is 5.76. The Morgan fingerprint density at radius 2 is 2.16 bits per heavy atom. The minimum absolute atomic E-state index is 0.380. The molecule has 1 aromatic heterocycles. The van der Waals surface area contributed by atoms with Gasteiger partial charge in [-0.2, -0.15) is 0 Å². The van der Waals surface area contributed by atoms with Gasteiger partial charge in [-0.3, -0.25) is 0 Å². The quantitative estimate of drug-likeness (QED) is 0.852. The number of aryl methyl sites for hydroxylation is 1. The van der Waals surface area contributed by atoms with E-state index in [0.717, 1.165) is 11.6 Å². The van der Waals surface area contributed by atoms with Crippen LogP contribution in [-0.2, 0) is 4.79 Å². The second-order valence-corrected chi connectivity index (χ2v) is 3.99. The van der Waals surface area contributed by atoms with Gasteiger partial charge < -0.3 is 9.84 Å². The summed E-state index contributed by atoms with van der Waals surface area (Å²) < 4.78 is 5.67. The van der Waals surface area contributed by atoms with Crippen molar-refractivity contribution in [3.05, 3.63) is 59.8 Å². The molecule has 2 rings (SSSR count). The second-order valence-electron chi connectivity index (χ2n) is 3.99. The zero-order valence-electron chi connectivity index (χ0n) is 10.4. The standard InChI is InChI=1S/C15H13NO3/c1-11-4-2-6-13(10-11)19-15-12(5-3-9-16-15)7-8-14(17)18/h2-10H,1H3,(H,17,18)/b8-7+. The maximum absolute atomic E-state index is 10.5. The highest BCUT2D eigenvalue weighted by Gasteiger charge is 2.04. The van der Waals surface area contributed by atoms with Crippen LogP contribution in [0.25, 0.3) is 6.08 Å². The lowest BCUT2D eigenvalue weighted by molar-refractivity contribution is -0.131. The number of benzene rings is 1. The number of aliphatic carboxylic acids is 1. The molecule has 1 N–H and O–H groups in total. The minimum Gasteiger partial charge on any atom is -0.478 e. The zero-order chi connectivity index (χ0) is 13.7. The highest BCUT2D eigenvalue weighted by molar-refractivity contribution is 5.85. The molecule has 4 heteroatoms. The Morgan fingerprint density at radius 1 is 1.32 bits per heavy atom. The Hall–Kier alpha value is -2.62. The first-order chi connectivity index (χ1) is 9.15. The van der Waals surface area contributed by atoms with Gasteiger partial charge in [0, 0.05) is 17.8 Å². The first kappa shape index (κ1) is 12.8. The van der Waals surface area contributed by atoms with Crippen molar-refractivity contribution >= 4 is 12.0 Å². The largest absolute Gasteiger partial charge is 0.478 e. The Labute approximate surface area is 111 Å². The SMILES string of the molecule is Cc1cccc(Oc2ncccc2/C=C/C(=O)O)c1. The van der Waals surface area contributed by atoms with Crippen LogP contribution in [0.1, 0.15) is 11.1 Å². The summed E-state index contributed by atoms with van der Waals surface area (Å²) in [5.41, 5.74) is 1.70. The molecule has 1 aromatic carbocycles. The fraction of sp³-hybridized carbons (Fsp3) is 0.0667. The van der Waals surface area contributed by atoms with Crippen LogP contribution in [-0.4, -0.2) is 16.1 Å². The molecular formula is C15H13NO3. The lowest BCUT2D eigenvalue weighted by Crippen LogP contribution is -1.92. The number of pyridine rings is 1. The fourth-order valence-electron chi connectivity index (χ4n) is 1.57. The Kier molecular flexibility index (Phi) is 3.93. The average Bonchev–Trinajstić information content (AvgIpc) is 2.38. The number of carboxylic acids is 1. The average molecular weight is 255 g/mol. The van der Waals surface area contributed by atoms with E-state index >= 15 is 0 Å². The van der Waals surface area contributed by atoms with Gasteiger partial charge in [0.2, 0.25) is 5.88 Å². The van der Waals surface area contributed by atoms with Crippen LogP contribution in [0.4, 0.5) is 0 Å². The lowest BCUT2D eigenvalue weighted by Gasteiger charge is -2.07. The highest BCUT2D eigenvalue weighted by Crippen LogP contribution is 2.24. The number of ether oxygens (including phenoxy) is 1. The van der Waals surface area contributed by atoms with Gasteiger partial charge in [0.05, 0.1) is 0 Å². The Balaban J connectivity index is 2.27. The van der Waals surface area contributed by atoms with Gasteiger partial charge >= 0.3 is 5.97 Å². The molecule has 19 heavy (non-hydrogen) atoms. The van der Waals surface area contributed by atoms with Crippen LogP contribution >= 0.6 is 0 Å². The lowest BCUT2D eigenvalue weighted by atomic mass is 10.2. The number of nitrogens with zero attached hydrogens (tertiary/aromatic N) is 1. The maximum Gasteiger partial charge on any atom is 0.328 e. The molecule has 0 aliphatic rings. The van der Waals surface area contributed by atoms with Crippen LogP contribution in [0.15, 0.2) is 48.7 Å². The van der Waals surface area contributed by atoms with Crippen LogP contribution in [0.2, 0.25) is 0 Å². The van der Waals surface area contributed by atoms with Gasteiger partial charge in [-0.1, -0.05) is 12.1 Å². The highest BCUT2D eigenvalue weighted by atomic mass is 16.5. The molecule has 0 radical (unpaired) electrons. The topological polar surface area (TPSA) is 59.4 Å². The number of rotatable bonds is 4. The van der Waals surface area contributed by atoms with E-state index in [1.54, 1.807) is 18.3 Å². The van der Waals surface area contributed by atoms with Crippen molar-refractivity contribution in [1.82, 2.24) is 4.98 Å². The predicted molar refractivity (Wildman–Crippen MR) is 72.2 cm³/mol. The van der Waals surface area contributed by atoms with Gasteiger partial charge in [0.25, 0.3) is 0 Å². The molecule has 0 unspecified atom stereocenters. The molecule has 0 bridgehead atoms. The van der Waals surface area contributed by atoms with E-state index in [1.807, 2.05) is 31.2 Å². The van der Waals surface area contributed by atoms with Crippen molar-refractivity contribution in [1.29, 1.82) is 0 Å². The third kappa shape index (κ3) is 3.67. The summed E-state index contributed by atoms with van der Waals surface area (Å²) in [5.74, 6) is 0.0413. The minimum atomic E-state index is -1.01. The van der Waals surface area contributed by atoms with Crippen molar-refractivity contribution in [3.8, 4) is 11.6 Å². The molecule has 1 heterocycles. The molecule has 4 nitrogen and oxygen atoms in total. The van der Waals surface area contributed by atoms with Crippen molar-refractivity contribution in [2.75, 3.05) is 0 Å². The smallest absolute Gasteiger partial charge is 0.328 e. The summed E-state index contributed by atoms with van der Waals surface area (Å²) in [6, 6.07) is 11.0. The normalized spacial score (nSPS) is 10.6. The van der Waals surface area contributed by atoms with E-state index in [0.29, 0.717) is 17.2 Å². The van der Waals surface area contributed by atoms with Crippen LogP contribution in [0.5, 0.6) is 11.6 Å². The van der Waals surface area contributed by atoms with E-state index in [1.165, 1.54) is 6.08 Å². The molecule has 96 valence electrons. The Morgan fingerprint density at radius 3 is 2.89 bits per heavy atom. The summed E-state index contributed by atoms with van der Waals surface area (Å²) in [5, 5.41) is 8.64. The molecule has 0 fully saturated rings. The third-order valence-corrected chi connectivity index (χ3v) is 2.41. The maximum atomic E-state index is 10.5. The number of aromatic nitrogens is 1. The fourth-order valence-corrected chi connectivity index (χ4v) is 1.57. The molecule has 0 aliphatic carbocycles. The third-order valence-electron chi connectivity index (χ3n) is 2.41. The summed E-state index contributed by atoms with van der Waals surface area (Å²) in [7, 11) is 0. The Bertz CT molecular complexity index is 620. The van der Waals surface area contributed by atoms with Crippen molar-refractivity contribution in [2.24, 2.45) is 0 Å². The molecular weight excluding hydrogens is 242 g/mol. The second kappa shape index (κ2) is 5.82. The number of carbonyl (C=O) groups is 1. The van der Waals surface area contributed by atoms with Gasteiger partial charge in [-0.25, -0.2) is 9.78 Å². The summed E-state index contributed by atoms with van der Waals surface area (Å²) in [6.07, 6.45) is 4.11. The number of hydrogen-bond acceptors (Lipinski definition) is 3. The van der Waals surface area contributed by atoms with E-state index in [2.05, 4.69) is 4.98 Å². The molecule has 0 aliphatic heterocycles. The summed E-state index contributed by atoms with van der Waals surface area (Å²) in [4.78, 5) is 14.7. The zero-order valence-corrected chi connectivity index (χ0v) is 10.4. The molecule has 2 aromatic rings. The van der Waals surface area contributed by atoms with Gasteiger partial charge in [0.1, 0.15) is 5.75 Å². The molecule has 0 spiro atoms. The molecule has 0 saturated heterocycles. The number of carboxylic acid groups (broad SMARTS) is 1. The van der Waals surface area contributed by atoms with E-state index in [9.17, 15) is 4.79 Å². The molecule has 0 atom stereocenters. The summed E-state index contributed by atoms with van der Waals surface area (Å²) in [6.45, 7) is 1.97. The first-order valence-electron chi connectivity index (χ1n) is 5.76. The summed E-state index contributed by atoms with van der Waals surface area (Å²) >= 11 is 0. The molecule has 0 amide bonds. The van der Waals surface area contributed by atoms with Gasteiger partial charge in [0.15, 0.2) is 0 Å². The van der Waals surface area contributed by atoms with Crippen molar-refractivity contribution in [3.63, 3.8) is 0 Å². The van der Waals surface area contributed by atoms with E-state index < -0.39 is 5.97 Å². The van der Waals surface area contributed by atoms with Crippen LogP contribution < -0.4 is 4.74 Å². The van der Waals surface area contributed by atoms with Crippen molar-refractivity contribution in [2.45, 2.75) is 6.92 Å². The van der Waals surface area contributed by atoms with Gasteiger partial charge in [-0.15, -0.1) is 0 Å². The van der Waals surface area contributed by atoms with E-state index in [4.69, 9.17) is 9.84 Å². The monoisotopic (exact) mass is 255 g/mol. The van der Waals surface area contributed by atoms with Gasteiger partial charge in [-0.05, 0) is 42.8 Å². The molecule has 0 saturated carbocycles. The van der Waals surface area contributed by atoms with Crippen LogP contribution in [0, 0.1) is 6.92 Å².